The van der Waals surface area contributed by atoms with Crippen molar-refractivity contribution in [2.24, 2.45) is 5.92 Å². The number of aliphatic hydroxyl groups is 1. The molecule has 0 aliphatic carbocycles. The number of hydrogen-bond acceptors (Lipinski definition) is 7. The van der Waals surface area contributed by atoms with Gasteiger partial charge in [0.25, 0.3) is 0 Å². The summed E-state index contributed by atoms with van der Waals surface area (Å²) in [7, 11) is 0. The second-order valence-corrected chi connectivity index (χ2v) is 8.30. The fraction of sp³-hybridized carbons (Fsp3) is 0.538. The summed E-state index contributed by atoms with van der Waals surface area (Å²) in [4.78, 5) is 25.1. The maximum atomic E-state index is 12.2. The second kappa shape index (κ2) is 5.25. The summed E-state index contributed by atoms with van der Waals surface area (Å²) in [6.07, 6.45) is 1.77. The van der Waals surface area contributed by atoms with E-state index >= 15 is 0 Å². The van der Waals surface area contributed by atoms with Crippen molar-refractivity contribution in [2.45, 2.75) is 36.6 Å². The smallest absolute Gasteiger partial charge is 0.354 e. The van der Waals surface area contributed by atoms with E-state index in [0.717, 1.165) is 18.7 Å². The number of aromatic nitrogens is 3. The van der Waals surface area contributed by atoms with E-state index in [4.69, 9.17) is 0 Å². The van der Waals surface area contributed by atoms with Crippen molar-refractivity contribution in [3.8, 4) is 0 Å². The molecular formula is C13H14N4O4S2. The molecule has 1 fully saturated rings. The Morgan fingerprint density at radius 3 is 3.04 bits per heavy atom. The molecule has 0 saturated carbocycles. The summed E-state index contributed by atoms with van der Waals surface area (Å²) in [5.74, 6) is -1.96. The molecule has 1 saturated heterocycles. The second-order valence-electron chi connectivity index (χ2n) is 5.70. The Kier molecular flexibility index (Phi) is 3.43. The van der Waals surface area contributed by atoms with Gasteiger partial charge in [-0.3, -0.25) is 9.69 Å². The van der Waals surface area contributed by atoms with Gasteiger partial charge in [0, 0.05) is 6.54 Å². The Morgan fingerprint density at radius 1 is 1.57 bits per heavy atom. The van der Waals surface area contributed by atoms with Gasteiger partial charge < -0.3 is 10.2 Å². The van der Waals surface area contributed by atoms with E-state index in [0.29, 0.717) is 4.24 Å². The van der Waals surface area contributed by atoms with Crippen LogP contribution < -0.4 is 0 Å². The molecule has 3 aliphatic heterocycles. The van der Waals surface area contributed by atoms with Gasteiger partial charge >= 0.3 is 5.97 Å². The first-order chi connectivity index (χ1) is 11.0. The van der Waals surface area contributed by atoms with Gasteiger partial charge in [-0.05, 0) is 13.3 Å². The topological polar surface area (TPSA) is 109 Å². The number of aryl methyl sites for hydroxylation is 1. The number of carbonyl (C=O) groups is 2. The van der Waals surface area contributed by atoms with Gasteiger partial charge in [-0.25, -0.2) is 9.48 Å². The number of rotatable bonds is 4. The van der Waals surface area contributed by atoms with Crippen molar-refractivity contribution in [3.63, 3.8) is 0 Å². The molecule has 1 amide bonds. The number of β-lactam (4-membered cyclic amide) rings is 1. The fourth-order valence-corrected chi connectivity index (χ4v) is 6.43. The first-order valence-electron chi connectivity index (χ1n) is 7.19. The van der Waals surface area contributed by atoms with Crippen LogP contribution in [0.25, 0.3) is 0 Å². The van der Waals surface area contributed by atoms with Crippen molar-refractivity contribution in [1.29, 1.82) is 0 Å². The molecule has 1 aromatic rings. The minimum atomic E-state index is -1.11. The summed E-state index contributed by atoms with van der Waals surface area (Å²) in [6, 6.07) is 0. The normalized spacial score (nSPS) is 30.3. The Bertz CT molecular complexity index is 731. The van der Waals surface area contributed by atoms with Gasteiger partial charge in [-0.15, -0.1) is 16.9 Å². The zero-order valence-electron chi connectivity index (χ0n) is 12.1. The van der Waals surface area contributed by atoms with E-state index in [1.54, 1.807) is 13.1 Å². The van der Waals surface area contributed by atoms with E-state index in [2.05, 4.69) is 10.3 Å². The molecule has 2 N–H and O–H groups in total. The molecule has 0 aromatic carbocycles. The lowest BCUT2D eigenvalue weighted by Crippen LogP contribution is -2.60. The van der Waals surface area contributed by atoms with Gasteiger partial charge in [0.1, 0.15) is 5.37 Å². The third-order valence-electron chi connectivity index (χ3n) is 4.30. The van der Waals surface area contributed by atoms with Gasteiger partial charge in [0.05, 0.1) is 33.4 Å². The number of carbonyl (C=O) groups excluding carboxylic acids is 1. The number of carboxylic acid groups (broad SMARTS) is 1. The predicted octanol–water partition coefficient (Wildman–Crippen LogP) is 0.622. The Morgan fingerprint density at radius 2 is 2.35 bits per heavy atom. The Labute approximate surface area is 139 Å². The molecule has 122 valence electrons. The highest BCUT2D eigenvalue weighted by Gasteiger charge is 2.58. The first kappa shape index (κ1) is 15.0. The molecule has 1 aromatic heterocycles. The molecule has 4 heterocycles. The predicted molar refractivity (Wildman–Crippen MR) is 83.0 cm³/mol. The van der Waals surface area contributed by atoms with Crippen molar-refractivity contribution >= 4 is 35.4 Å². The molecule has 3 aliphatic rings. The number of nitrogens with zero attached hydrogens (tertiary/aromatic N) is 4. The SMILES string of the molecule is CC(O)[C@H]1C(=O)N2C(C(=O)O)=C(SC3CCn4nncc43)S[C@H]12. The standard InChI is InChI=1S/C13H14N4O4S2/c1-5(18)8-10(19)17-9(12(20)21)13(23-11(8)17)22-7-2-3-16-6(7)4-14-15-16/h4-5,7-8,11,18H,2-3H2,1H3,(H,20,21)/t5?,7?,8-,11+/m0/s1. The molecule has 2 unspecified atom stereocenters. The lowest BCUT2D eigenvalue weighted by atomic mass is 9.92. The molecule has 4 atom stereocenters. The molecule has 23 heavy (non-hydrogen) atoms. The van der Waals surface area contributed by atoms with Crippen LogP contribution in [0.3, 0.4) is 0 Å². The molecule has 0 bridgehead atoms. The highest BCUT2D eigenvalue weighted by atomic mass is 32.2. The average Bonchev–Trinajstić information content (AvgIpc) is 3.13. The summed E-state index contributed by atoms with van der Waals surface area (Å²) in [5, 5.41) is 26.9. The number of hydrogen-bond donors (Lipinski definition) is 2. The molecule has 8 nitrogen and oxygen atoms in total. The molecule has 0 spiro atoms. The third kappa shape index (κ3) is 2.12. The number of amides is 1. The van der Waals surface area contributed by atoms with Crippen LogP contribution in [-0.2, 0) is 16.1 Å². The van der Waals surface area contributed by atoms with E-state index < -0.39 is 18.0 Å². The fourth-order valence-electron chi connectivity index (χ4n) is 3.16. The first-order valence-corrected chi connectivity index (χ1v) is 8.95. The monoisotopic (exact) mass is 354 g/mol. The maximum Gasteiger partial charge on any atom is 0.354 e. The number of aliphatic hydroxyl groups excluding tert-OH is 1. The van der Waals surface area contributed by atoms with Gasteiger partial charge in [0.2, 0.25) is 5.91 Å². The molecule has 0 radical (unpaired) electrons. The number of carboxylic acids is 1. The zero-order chi connectivity index (χ0) is 16.3. The lowest BCUT2D eigenvalue weighted by Gasteiger charge is -2.43. The summed E-state index contributed by atoms with van der Waals surface area (Å²) >= 11 is 2.81. The van der Waals surface area contributed by atoms with Crippen molar-refractivity contribution < 1.29 is 19.8 Å². The van der Waals surface area contributed by atoms with Crippen LogP contribution in [0.1, 0.15) is 24.3 Å². The zero-order valence-corrected chi connectivity index (χ0v) is 13.8. The van der Waals surface area contributed by atoms with E-state index in [1.165, 1.54) is 28.4 Å². The summed E-state index contributed by atoms with van der Waals surface area (Å²) in [6.45, 7) is 2.32. The lowest BCUT2D eigenvalue weighted by molar-refractivity contribution is -0.156. The van der Waals surface area contributed by atoms with Gasteiger partial charge in [-0.2, -0.15) is 0 Å². The van der Waals surface area contributed by atoms with Gasteiger partial charge in [-0.1, -0.05) is 17.0 Å². The van der Waals surface area contributed by atoms with Crippen LogP contribution in [0.15, 0.2) is 16.1 Å². The van der Waals surface area contributed by atoms with Crippen molar-refractivity contribution in [2.75, 3.05) is 0 Å². The van der Waals surface area contributed by atoms with Crippen molar-refractivity contribution in [1.82, 2.24) is 19.9 Å². The van der Waals surface area contributed by atoms with E-state index in [1.807, 2.05) is 4.68 Å². The largest absolute Gasteiger partial charge is 0.477 e. The van der Waals surface area contributed by atoms with Gasteiger partial charge in [0.15, 0.2) is 5.70 Å². The van der Waals surface area contributed by atoms with Crippen LogP contribution in [0.4, 0.5) is 0 Å². The third-order valence-corrected chi connectivity index (χ3v) is 7.20. The number of aliphatic carboxylic acids is 1. The summed E-state index contributed by atoms with van der Waals surface area (Å²) < 4.78 is 2.44. The maximum absolute atomic E-state index is 12.2. The van der Waals surface area contributed by atoms with Crippen LogP contribution in [0.2, 0.25) is 0 Å². The highest BCUT2D eigenvalue weighted by Crippen LogP contribution is 2.57. The van der Waals surface area contributed by atoms with Crippen LogP contribution in [0, 0.1) is 5.92 Å². The molecule has 10 heteroatoms. The summed E-state index contributed by atoms with van der Waals surface area (Å²) in [5.41, 5.74) is 1.01. The Hall–Kier alpha value is -1.52. The van der Waals surface area contributed by atoms with Crippen LogP contribution in [0.5, 0.6) is 0 Å². The van der Waals surface area contributed by atoms with Crippen LogP contribution in [-0.4, -0.2) is 53.5 Å². The minimum Gasteiger partial charge on any atom is -0.477 e. The highest BCUT2D eigenvalue weighted by molar-refractivity contribution is 8.22. The molecular weight excluding hydrogens is 340 g/mol. The minimum absolute atomic E-state index is 0.0397. The Balaban J connectivity index is 1.61. The van der Waals surface area contributed by atoms with E-state index in [-0.39, 0.29) is 22.2 Å². The van der Waals surface area contributed by atoms with E-state index in [9.17, 15) is 19.8 Å². The number of fused-ring (bicyclic) bond motifs is 2. The molecule has 4 rings (SSSR count). The number of thioether (sulfide) groups is 2. The van der Waals surface area contributed by atoms with Crippen molar-refractivity contribution in [3.05, 3.63) is 21.8 Å². The average molecular weight is 354 g/mol. The van der Waals surface area contributed by atoms with Crippen LogP contribution >= 0.6 is 23.5 Å². The quantitative estimate of drug-likeness (QED) is 0.758.